The normalized spacial score (nSPS) is 13.6. The number of benzene rings is 2. The molecule has 3 rings (SSSR count). The van der Waals surface area contributed by atoms with Crippen LogP contribution in [0.15, 0.2) is 119 Å². The Bertz CT molecular complexity index is 961. The number of para-hydroxylation sites is 1. The Morgan fingerprint density at radius 2 is 1.68 bits per heavy atom. The SMILES string of the molecule is C=C/C=C\C.C=C/C=C\C.N/C(Sc1cccc(Cl)c1)=C1/N=Cc2ccccc2N1N. The molecule has 0 bridgehead atoms. The number of anilines is 1. The van der Waals surface area contributed by atoms with Crippen LogP contribution in [0.3, 0.4) is 0 Å². The van der Waals surface area contributed by atoms with Gasteiger partial charge in [0.05, 0.1) is 5.69 Å². The van der Waals surface area contributed by atoms with Gasteiger partial charge in [0.2, 0.25) is 0 Å². The molecule has 0 saturated heterocycles. The Morgan fingerprint density at radius 1 is 1.03 bits per heavy atom. The van der Waals surface area contributed by atoms with E-state index in [0.717, 1.165) is 16.1 Å². The summed E-state index contributed by atoms with van der Waals surface area (Å²) in [5, 5.41) is 2.69. The standard InChI is InChI=1S/C15H13ClN4S.2C5H8/c16-11-5-3-6-12(8-11)21-14(17)15-19-9-10-4-1-2-7-13(10)20(15)18;2*1-3-5-4-2/h1-9H,17-18H2;2*3-5H,1H2,2H3/b15-14+;2*5-4-. The monoisotopic (exact) mass is 452 g/mol. The van der Waals surface area contributed by atoms with Crippen molar-refractivity contribution in [2.45, 2.75) is 18.7 Å². The molecule has 0 atom stereocenters. The quantitative estimate of drug-likeness (QED) is 0.303. The summed E-state index contributed by atoms with van der Waals surface area (Å²) in [6, 6.07) is 15.2. The highest BCUT2D eigenvalue weighted by molar-refractivity contribution is 8.03. The molecule has 4 N–H and O–H groups in total. The second-order valence-corrected chi connectivity index (χ2v) is 7.51. The van der Waals surface area contributed by atoms with Crippen molar-refractivity contribution in [2.24, 2.45) is 16.6 Å². The van der Waals surface area contributed by atoms with E-state index in [-0.39, 0.29) is 0 Å². The molecule has 162 valence electrons. The van der Waals surface area contributed by atoms with E-state index in [1.165, 1.54) is 16.8 Å². The van der Waals surface area contributed by atoms with E-state index < -0.39 is 0 Å². The Labute approximate surface area is 195 Å². The molecule has 1 aliphatic heterocycles. The van der Waals surface area contributed by atoms with Crippen LogP contribution >= 0.6 is 23.4 Å². The fourth-order valence-electron chi connectivity index (χ4n) is 2.28. The van der Waals surface area contributed by atoms with Gasteiger partial charge in [-0.05, 0) is 38.1 Å². The van der Waals surface area contributed by atoms with Crippen molar-refractivity contribution in [1.82, 2.24) is 0 Å². The van der Waals surface area contributed by atoms with Crippen LogP contribution in [0.5, 0.6) is 0 Å². The van der Waals surface area contributed by atoms with Gasteiger partial charge in [-0.2, -0.15) is 0 Å². The second kappa shape index (κ2) is 14.9. The van der Waals surface area contributed by atoms with Crippen molar-refractivity contribution < 1.29 is 0 Å². The van der Waals surface area contributed by atoms with Crippen molar-refractivity contribution in [2.75, 3.05) is 5.01 Å². The van der Waals surface area contributed by atoms with Crippen molar-refractivity contribution in [3.63, 3.8) is 0 Å². The van der Waals surface area contributed by atoms with E-state index in [0.29, 0.717) is 15.9 Å². The lowest BCUT2D eigenvalue weighted by molar-refractivity contribution is 0.953. The molecule has 0 fully saturated rings. The largest absolute Gasteiger partial charge is 0.390 e. The zero-order valence-electron chi connectivity index (χ0n) is 17.9. The number of nitrogens with zero attached hydrogens (tertiary/aromatic N) is 2. The Kier molecular flexibility index (Phi) is 12.5. The minimum Gasteiger partial charge on any atom is -0.390 e. The third kappa shape index (κ3) is 9.13. The number of nitrogens with two attached hydrogens (primary N) is 2. The lowest BCUT2D eigenvalue weighted by Crippen LogP contribution is -2.34. The first-order chi connectivity index (χ1) is 15.0. The fraction of sp³-hybridized carbons (Fsp3) is 0.0800. The number of fused-ring (bicyclic) bond motifs is 1. The van der Waals surface area contributed by atoms with Crippen molar-refractivity contribution in [3.8, 4) is 0 Å². The number of allylic oxidation sites excluding steroid dienone is 6. The highest BCUT2D eigenvalue weighted by atomic mass is 35.5. The van der Waals surface area contributed by atoms with Crippen LogP contribution in [0.1, 0.15) is 19.4 Å². The van der Waals surface area contributed by atoms with Crippen LogP contribution in [-0.4, -0.2) is 6.21 Å². The Balaban J connectivity index is 0.000000404. The summed E-state index contributed by atoms with van der Waals surface area (Å²) in [6.45, 7) is 10.8. The smallest absolute Gasteiger partial charge is 0.177 e. The summed E-state index contributed by atoms with van der Waals surface area (Å²) < 4.78 is 0. The first kappa shape index (κ1) is 26.0. The zero-order chi connectivity index (χ0) is 23.1. The maximum atomic E-state index is 6.14. The predicted molar refractivity (Wildman–Crippen MR) is 139 cm³/mol. The van der Waals surface area contributed by atoms with E-state index >= 15 is 0 Å². The summed E-state index contributed by atoms with van der Waals surface area (Å²) in [5.41, 5.74) is 7.98. The zero-order valence-corrected chi connectivity index (χ0v) is 19.5. The Morgan fingerprint density at radius 3 is 2.23 bits per heavy atom. The average molecular weight is 453 g/mol. The van der Waals surface area contributed by atoms with Gasteiger partial charge in [0.1, 0.15) is 5.03 Å². The summed E-state index contributed by atoms with van der Waals surface area (Å²) >= 11 is 7.35. The predicted octanol–water partition coefficient (Wildman–Crippen LogP) is 6.83. The molecule has 0 saturated carbocycles. The molecule has 4 nitrogen and oxygen atoms in total. The molecule has 0 aliphatic carbocycles. The summed E-state index contributed by atoms with van der Waals surface area (Å²) in [7, 11) is 0. The van der Waals surface area contributed by atoms with E-state index in [9.17, 15) is 0 Å². The van der Waals surface area contributed by atoms with Gasteiger partial charge in [-0.15, -0.1) is 0 Å². The van der Waals surface area contributed by atoms with Gasteiger partial charge in [-0.3, -0.25) is 5.01 Å². The summed E-state index contributed by atoms with van der Waals surface area (Å²) in [5.74, 6) is 6.64. The van der Waals surface area contributed by atoms with Gasteiger partial charge >= 0.3 is 0 Å². The maximum absolute atomic E-state index is 6.14. The number of halogens is 1. The number of hydrogen-bond acceptors (Lipinski definition) is 5. The number of hydrazine groups is 1. The third-order valence-electron chi connectivity index (χ3n) is 3.65. The molecular formula is C25H29ClN4S. The minimum atomic E-state index is 0.519. The minimum absolute atomic E-state index is 0.519. The van der Waals surface area contributed by atoms with Gasteiger partial charge in [0.25, 0.3) is 0 Å². The van der Waals surface area contributed by atoms with Crippen molar-refractivity contribution in [1.29, 1.82) is 0 Å². The van der Waals surface area contributed by atoms with Gasteiger partial charge in [0.15, 0.2) is 5.82 Å². The topological polar surface area (TPSA) is 67.6 Å². The van der Waals surface area contributed by atoms with Crippen molar-refractivity contribution >= 4 is 35.3 Å². The molecule has 0 spiro atoms. The van der Waals surface area contributed by atoms with Gasteiger partial charge in [-0.1, -0.05) is 97.2 Å². The molecule has 0 radical (unpaired) electrons. The fourth-order valence-corrected chi connectivity index (χ4v) is 3.36. The molecular weight excluding hydrogens is 424 g/mol. The Hall–Kier alpha value is -2.99. The highest BCUT2D eigenvalue weighted by Gasteiger charge is 2.18. The maximum Gasteiger partial charge on any atom is 0.177 e. The molecule has 1 aliphatic rings. The molecule has 0 amide bonds. The molecule has 2 aromatic carbocycles. The highest BCUT2D eigenvalue weighted by Crippen LogP contribution is 2.32. The van der Waals surface area contributed by atoms with Gasteiger partial charge in [0, 0.05) is 21.7 Å². The number of thioether (sulfide) groups is 1. The van der Waals surface area contributed by atoms with E-state index in [1.54, 1.807) is 18.4 Å². The van der Waals surface area contributed by atoms with E-state index in [2.05, 4.69) is 18.2 Å². The molecule has 2 aromatic rings. The third-order valence-corrected chi connectivity index (χ3v) is 4.78. The summed E-state index contributed by atoms with van der Waals surface area (Å²) in [6.07, 6.45) is 12.9. The van der Waals surface area contributed by atoms with E-state index in [1.807, 2.05) is 86.7 Å². The van der Waals surface area contributed by atoms with Crippen LogP contribution in [0.25, 0.3) is 0 Å². The van der Waals surface area contributed by atoms with Gasteiger partial charge < -0.3 is 5.73 Å². The number of hydrogen-bond donors (Lipinski definition) is 2. The van der Waals surface area contributed by atoms with Crippen LogP contribution in [0.2, 0.25) is 5.02 Å². The van der Waals surface area contributed by atoms with Gasteiger partial charge in [-0.25, -0.2) is 10.8 Å². The average Bonchev–Trinajstić information content (AvgIpc) is 2.76. The number of rotatable bonds is 4. The lowest BCUT2D eigenvalue weighted by atomic mass is 10.1. The molecule has 0 aromatic heterocycles. The van der Waals surface area contributed by atoms with Crippen LogP contribution in [0, 0.1) is 0 Å². The molecule has 6 heteroatoms. The number of aliphatic imine (C=N–C) groups is 1. The van der Waals surface area contributed by atoms with Crippen LogP contribution < -0.4 is 16.6 Å². The van der Waals surface area contributed by atoms with Crippen LogP contribution in [0.4, 0.5) is 5.69 Å². The molecule has 1 heterocycles. The first-order valence-corrected chi connectivity index (χ1v) is 10.8. The molecule has 31 heavy (non-hydrogen) atoms. The summed E-state index contributed by atoms with van der Waals surface area (Å²) in [4.78, 5) is 5.29. The van der Waals surface area contributed by atoms with E-state index in [4.69, 9.17) is 23.2 Å². The first-order valence-electron chi connectivity index (χ1n) is 9.57. The molecule has 0 unspecified atom stereocenters. The van der Waals surface area contributed by atoms with Crippen molar-refractivity contribution in [3.05, 3.63) is 120 Å². The van der Waals surface area contributed by atoms with Crippen LogP contribution in [-0.2, 0) is 0 Å². The second-order valence-electron chi connectivity index (χ2n) is 5.96. The lowest BCUT2D eigenvalue weighted by Gasteiger charge is -2.25.